The Morgan fingerprint density at radius 2 is 1.89 bits per heavy atom. The molecule has 0 bridgehead atoms. The summed E-state index contributed by atoms with van der Waals surface area (Å²) in [6, 6.07) is 15.8. The van der Waals surface area contributed by atoms with Gasteiger partial charge in [-0.3, -0.25) is 4.57 Å². The topological polar surface area (TPSA) is 110 Å². The van der Waals surface area contributed by atoms with E-state index in [4.69, 9.17) is 5.73 Å². The molecule has 0 aliphatic carbocycles. The van der Waals surface area contributed by atoms with Gasteiger partial charge in [0.1, 0.15) is 5.82 Å². The standard InChI is InChI=1S/C19H16N8/c1-11-22-15-4-2-3-5-16(15)27(11)19-25-17(20)24-18(26-19)23-13-6-7-14-12(10-13)8-9-21-14/h2-10,21H,1H3,(H3,20,23,24,25,26). The fourth-order valence-corrected chi connectivity index (χ4v) is 3.20. The molecule has 3 aromatic heterocycles. The first-order chi connectivity index (χ1) is 13.2. The summed E-state index contributed by atoms with van der Waals surface area (Å²) in [5.41, 5.74) is 9.67. The molecule has 5 rings (SSSR count). The minimum atomic E-state index is 0.141. The summed E-state index contributed by atoms with van der Waals surface area (Å²) >= 11 is 0. The van der Waals surface area contributed by atoms with E-state index in [9.17, 15) is 0 Å². The van der Waals surface area contributed by atoms with Crippen molar-refractivity contribution >= 4 is 39.5 Å². The van der Waals surface area contributed by atoms with Crippen LogP contribution in [0.5, 0.6) is 0 Å². The number of nitrogens with zero attached hydrogens (tertiary/aromatic N) is 5. The van der Waals surface area contributed by atoms with Crippen LogP contribution in [-0.4, -0.2) is 29.5 Å². The number of aromatic amines is 1. The molecule has 132 valence electrons. The Morgan fingerprint density at radius 3 is 2.81 bits per heavy atom. The Morgan fingerprint density at radius 1 is 1.00 bits per heavy atom. The molecule has 0 fully saturated rings. The van der Waals surface area contributed by atoms with Crippen LogP contribution in [0.2, 0.25) is 0 Å². The van der Waals surface area contributed by atoms with Gasteiger partial charge in [0.25, 0.3) is 0 Å². The van der Waals surface area contributed by atoms with Crippen molar-refractivity contribution in [3.8, 4) is 5.95 Å². The van der Waals surface area contributed by atoms with Gasteiger partial charge < -0.3 is 16.0 Å². The van der Waals surface area contributed by atoms with Crippen LogP contribution in [0.25, 0.3) is 27.9 Å². The van der Waals surface area contributed by atoms with Crippen LogP contribution in [-0.2, 0) is 0 Å². The number of aromatic nitrogens is 6. The molecule has 0 saturated heterocycles. The van der Waals surface area contributed by atoms with Crippen molar-refractivity contribution in [3.63, 3.8) is 0 Å². The molecule has 2 aromatic carbocycles. The Labute approximate surface area is 154 Å². The number of rotatable bonds is 3. The van der Waals surface area contributed by atoms with E-state index in [1.807, 2.05) is 66.2 Å². The molecule has 0 aliphatic rings. The van der Waals surface area contributed by atoms with Gasteiger partial charge in [-0.05, 0) is 43.3 Å². The SMILES string of the molecule is Cc1nc2ccccc2n1-c1nc(N)nc(Nc2ccc3[nH]ccc3c2)n1. The molecule has 0 atom stereocenters. The summed E-state index contributed by atoms with van der Waals surface area (Å²) in [7, 11) is 0. The number of imidazole rings is 1. The van der Waals surface area contributed by atoms with Crippen molar-refractivity contribution in [1.82, 2.24) is 29.5 Å². The maximum atomic E-state index is 5.95. The summed E-state index contributed by atoms with van der Waals surface area (Å²) in [5.74, 6) is 1.73. The molecule has 0 unspecified atom stereocenters. The Hall–Kier alpha value is -3.94. The number of para-hydroxylation sites is 2. The van der Waals surface area contributed by atoms with Crippen molar-refractivity contribution < 1.29 is 0 Å². The Balaban J connectivity index is 1.59. The quantitative estimate of drug-likeness (QED) is 0.457. The fraction of sp³-hybridized carbons (Fsp3) is 0.0526. The number of benzene rings is 2. The van der Waals surface area contributed by atoms with Crippen LogP contribution in [0.1, 0.15) is 5.82 Å². The monoisotopic (exact) mass is 356 g/mol. The second-order valence-electron chi connectivity index (χ2n) is 6.21. The summed E-state index contributed by atoms with van der Waals surface area (Å²) in [6.45, 7) is 1.91. The first-order valence-corrected chi connectivity index (χ1v) is 8.47. The molecule has 5 aromatic rings. The number of fused-ring (bicyclic) bond motifs is 2. The molecule has 27 heavy (non-hydrogen) atoms. The van der Waals surface area contributed by atoms with E-state index in [0.29, 0.717) is 11.9 Å². The molecular weight excluding hydrogens is 340 g/mol. The number of hydrogen-bond acceptors (Lipinski definition) is 6. The molecule has 4 N–H and O–H groups in total. The number of nitrogen functional groups attached to an aromatic ring is 1. The van der Waals surface area contributed by atoms with Gasteiger partial charge in [-0.1, -0.05) is 12.1 Å². The molecule has 0 amide bonds. The molecule has 8 heteroatoms. The van der Waals surface area contributed by atoms with E-state index < -0.39 is 0 Å². The highest BCUT2D eigenvalue weighted by atomic mass is 15.3. The van der Waals surface area contributed by atoms with E-state index in [-0.39, 0.29) is 5.95 Å². The highest BCUT2D eigenvalue weighted by molar-refractivity contribution is 5.83. The predicted molar refractivity (Wildman–Crippen MR) is 105 cm³/mol. The number of anilines is 3. The van der Waals surface area contributed by atoms with Crippen LogP contribution in [0.3, 0.4) is 0 Å². The number of nitrogens with two attached hydrogens (primary N) is 1. The van der Waals surface area contributed by atoms with Gasteiger partial charge in [-0.15, -0.1) is 0 Å². The third-order valence-corrected chi connectivity index (χ3v) is 4.38. The van der Waals surface area contributed by atoms with Crippen molar-refractivity contribution in [2.45, 2.75) is 6.92 Å². The lowest BCUT2D eigenvalue weighted by Gasteiger charge is -2.09. The van der Waals surface area contributed by atoms with Crippen LogP contribution < -0.4 is 11.1 Å². The molecule has 0 spiro atoms. The van der Waals surface area contributed by atoms with Crippen molar-refractivity contribution in [2.24, 2.45) is 0 Å². The average Bonchev–Trinajstić information content (AvgIpc) is 3.23. The fourth-order valence-electron chi connectivity index (χ4n) is 3.20. The lowest BCUT2D eigenvalue weighted by molar-refractivity contribution is 0.890. The van der Waals surface area contributed by atoms with Crippen LogP contribution in [0, 0.1) is 6.92 Å². The van der Waals surface area contributed by atoms with Crippen molar-refractivity contribution in [3.05, 3.63) is 60.6 Å². The van der Waals surface area contributed by atoms with E-state index in [1.54, 1.807) is 0 Å². The summed E-state index contributed by atoms with van der Waals surface area (Å²) < 4.78 is 1.87. The molecule has 3 heterocycles. The van der Waals surface area contributed by atoms with Gasteiger partial charge in [-0.2, -0.15) is 15.0 Å². The number of hydrogen-bond donors (Lipinski definition) is 3. The van der Waals surface area contributed by atoms with Crippen molar-refractivity contribution in [2.75, 3.05) is 11.1 Å². The Kier molecular flexibility index (Phi) is 3.29. The highest BCUT2D eigenvalue weighted by Gasteiger charge is 2.13. The number of nitrogens with one attached hydrogen (secondary N) is 2. The Bertz CT molecular complexity index is 1280. The van der Waals surface area contributed by atoms with E-state index in [0.717, 1.165) is 33.4 Å². The maximum Gasteiger partial charge on any atom is 0.242 e. The lowest BCUT2D eigenvalue weighted by atomic mass is 10.2. The van der Waals surface area contributed by atoms with Crippen LogP contribution in [0.4, 0.5) is 17.6 Å². The van der Waals surface area contributed by atoms with Gasteiger partial charge >= 0.3 is 0 Å². The minimum absolute atomic E-state index is 0.141. The van der Waals surface area contributed by atoms with Crippen molar-refractivity contribution in [1.29, 1.82) is 0 Å². The van der Waals surface area contributed by atoms with E-state index >= 15 is 0 Å². The zero-order chi connectivity index (χ0) is 18.4. The summed E-state index contributed by atoms with van der Waals surface area (Å²) in [6.07, 6.45) is 1.90. The molecule has 8 nitrogen and oxygen atoms in total. The summed E-state index contributed by atoms with van der Waals surface area (Å²) in [5, 5.41) is 4.30. The van der Waals surface area contributed by atoms with Gasteiger partial charge in [0.15, 0.2) is 0 Å². The minimum Gasteiger partial charge on any atom is -0.368 e. The molecule has 0 radical (unpaired) electrons. The zero-order valence-corrected chi connectivity index (χ0v) is 14.5. The van der Waals surface area contributed by atoms with Crippen LogP contribution >= 0.6 is 0 Å². The zero-order valence-electron chi connectivity index (χ0n) is 14.5. The summed E-state index contributed by atoms with van der Waals surface area (Å²) in [4.78, 5) is 20.8. The van der Waals surface area contributed by atoms with Gasteiger partial charge in [0.05, 0.1) is 11.0 Å². The first-order valence-electron chi connectivity index (χ1n) is 8.47. The largest absolute Gasteiger partial charge is 0.368 e. The number of H-pyrrole nitrogens is 1. The lowest BCUT2D eigenvalue weighted by Crippen LogP contribution is -2.10. The van der Waals surface area contributed by atoms with Gasteiger partial charge in [-0.25, -0.2) is 4.98 Å². The van der Waals surface area contributed by atoms with Crippen LogP contribution in [0.15, 0.2) is 54.7 Å². The average molecular weight is 356 g/mol. The molecular formula is C19H16N8. The van der Waals surface area contributed by atoms with E-state index in [2.05, 4.69) is 30.2 Å². The van der Waals surface area contributed by atoms with Gasteiger partial charge in [0.2, 0.25) is 17.8 Å². The molecule has 0 aliphatic heterocycles. The second kappa shape index (κ2) is 5.80. The smallest absolute Gasteiger partial charge is 0.242 e. The second-order valence-corrected chi connectivity index (χ2v) is 6.21. The predicted octanol–water partition coefficient (Wildman–Crippen LogP) is 3.33. The third-order valence-electron chi connectivity index (χ3n) is 4.38. The number of aryl methyl sites for hydroxylation is 1. The van der Waals surface area contributed by atoms with E-state index in [1.165, 1.54) is 0 Å². The third kappa shape index (κ3) is 2.63. The molecule has 0 saturated carbocycles. The van der Waals surface area contributed by atoms with Gasteiger partial charge in [0, 0.05) is 22.8 Å². The normalized spacial score (nSPS) is 11.3. The highest BCUT2D eigenvalue weighted by Crippen LogP contribution is 2.23. The maximum absolute atomic E-state index is 5.95. The first kappa shape index (κ1) is 15.3.